The zero-order valence-electron chi connectivity index (χ0n) is 18.8. The Labute approximate surface area is 200 Å². The number of nitro groups is 1. The van der Waals surface area contributed by atoms with Crippen molar-refractivity contribution in [1.29, 1.82) is 0 Å². The third-order valence-corrected chi connectivity index (χ3v) is 6.09. The van der Waals surface area contributed by atoms with Gasteiger partial charge in [-0.05, 0) is 31.0 Å². The molecule has 0 bridgehead atoms. The molecule has 3 amide bonds. The molecule has 12 heteroatoms. The number of hydrogen-bond donors (Lipinski definition) is 3. The predicted octanol–water partition coefficient (Wildman–Crippen LogP) is 2.72. The molecule has 2 aliphatic rings. The molecule has 0 spiro atoms. The topological polar surface area (TPSA) is 154 Å². The van der Waals surface area contributed by atoms with Gasteiger partial charge in [0.1, 0.15) is 12.3 Å². The van der Waals surface area contributed by atoms with Gasteiger partial charge in [0.2, 0.25) is 0 Å². The molecule has 35 heavy (non-hydrogen) atoms. The number of carbonyl (C=O) groups is 3. The molecular weight excluding hydrogens is 458 g/mol. The summed E-state index contributed by atoms with van der Waals surface area (Å²) in [6.07, 6.45) is -0.398. The summed E-state index contributed by atoms with van der Waals surface area (Å²) in [6.45, 7) is 1.29. The van der Waals surface area contributed by atoms with Crippen molar-refractivity contribution in [2.45, 2.75) is 25.5 Å². The van der Waals surface area contributed by atoms with Crippen molar-refractivity contribution in [2.24, 2.45) is 0 Å². The first-order valence-electron chi connectivity index (χ1n) is 11.2. The van der Waals surface area contributed by atoms with Crippen molar-refractivity contribution in [3.05, 3.63) is 63.7 Å². The molecule has 0 saturated carbocycles. The Hall–Kier alpha value is -4.35. The number of cyclic esters (lactones) is 1. The highest BCUT2D eigenvalue weighted by atomic mass is 16.6. The van der Waals surface area contributed by atoms with E-state index in [-0.39, 0.29) is 43.1 Å². The number of benzene rings is 2. The van der Waals surface area contributed by atoms with Crippen LogP contribution in [0.1, 0.15) is 28.8 Å². The average molecular weight is 483 g/mol. The number of para-hydroxylation sites is 1. The van der Waals surface area contributed by atoms with Crippen LogP contribution in [0.15, 0.2) is 42.5 Å². The molecule has 0 aliphatic carbocycles. The number of piperidine rings is 1. The fraction of sp³-hybridized carbons (Fsp3) is 0.348. The van der Waals surface area contributed by atoms with Crippen LogP contribution in [0.3, 0.4) is 0 Å². The average Bonchev–Trinajstić information content (AvgIpc) is 2.86. The van der Waals surface area contributed by atoms with Gasteiger partial charge in [-0.2, -0.15) is 0 Å². The van der Waals surface area contributed by atoms with E-state index in [9.17, 15) is 24.5 Å². The van der Waals surface area contributed by atoms with Crippen LogP contribution in [-0.2, 0) is 11.3 Å². The number of anilines is 2. The van der Waals surface area contributed by atoms with Gasteiger partial charge in [-0.1, -0.05) is 18.2 Å². The maximum Gasteiger partial charge on any atom is 0.414 e. The van der Waals surface area contributed by atoms with Crippen LogP contribution in [0.4, 0.5) is 26.7 Å². The third kappa shape index (κ3) is 5.26. The first kappa shape index (κ1) is 23.8. The van der Waals surface area contributed by atoms with Crippen molar-refractivity contribution in [2.75, 3.05) is 36.0 Å². The Morgan fingerprint density at radius 1 is 1.09 bits per heavy atom. The lowest BCUT2D eigenvalue weighted by molar-refractivity contribution is -0.384. The first-order valence-corrected chi connectivity index (χ1v) is 11.2. The second kappa shape index (κ2) is 10.3. The summed E-state index contributed by atoms with van der Waals surface area (Å²) in [5.74, 6) is -0.534. The maximum atomic E-state index is 12.5. The van der Waals surface area contributed by atoms with Gasteiger partial charge in [0.05, 0.1) is 10.6 Å². The van der Waals surface area contributed by atoms with E-state index >= 15 is 0 Å². The fourth-order valence-electron chi connectivity index (χ4n) is 4.41. The highest BCUT2D eigenvalue weighted by Gasteiger charge is 2.35. The number of amides is 3. The first-order chi connectivity index (χ1) is 16.8. The van der Waals surface area contributed by atoms with E-state index in [4.69, 9.17) is 9.84 Å². The zero-order chi connectivity index (χ0) is 24.9. The molecule has 1 saturated heterocycles. The zero-order valence-corrected chi connectivity index (χ0v) is 18.8. The molecule has 0 aromatic heterocycles. The van der Waals surface area contributed by atoms with Crippen molar-refractivity contribution >= 4 is 35.2 Å². The minimum atomic E-state index is -1.20. The van der Waals surface area contributed by atoms with E-state index in [1.807, 2.05) is 29.2 Å². The van der Waals surface area contributed by atoms with Gasteiger partial charge in [0.15, 0.2) is 0 Å². The van der Waals surface area contributed by atoms with Crippen LogP contribution < -0.4 is 20.4 Å². The second-order valence-electron chi connectivity index (χ2n) is 8.22. The van der Waals surface area contributed by atoms with Gasteiger partial charge in [-0.15, -0.1) is 0 Å². The summed E-state index contributed by atoms with van der Waals surface area (Å²) >= 11 is 0. The number of nitro benzene ring substituents is 1. The molecule has 3 N–H and O–H groups in total. The molecule has 0 unspecified atom stereocenters. The Balaban J connectivity index is 1.44. The monoisotopic (exact) mass is 483 g/mol. The summed E-state index contributed by atoms with van der Waals surface area (Å²) in [4.78, 5) is 50.1. The van der Waals surface area contributed by atoms with E-state index < -0.39 is 16.9 Å². The van der Waals surface area contributed by atoms with Crippen LogP contribution >= 0.6 is 0 Å². The molecular formula is C23H25N5O7. The standard InChI is InChI=1S/C23H25N5O7/c29-21(24-9-10-25-22(30)31)15-5-6-19(20(13-15)28(33)34)26-11-7-17(8-12-26)27-18-4-2-1-3-16(18)14-35-23(27)32/h1-6,13,17,25H,7-12,14H2,(H,24,29)(H,30,31). The van der Waals surface area contributed by atoms with Gasteiger partial charge in [0.25, 0.3) is 11.6 Å². The number of fused-ring (bicyclic) bond motifs is 1. The number of carbonyl (C=O) groups excluding carboxylic acids is 2. The predicted molar refractivity (Wildman–Crippen MR) is 126 cm³/mol. The fourth-order valence-corrected chi connectivity index (χ4v) is 4.41. The smallest absolute Gasteiger partial charge is 0.414 e. The molecule has 1 fully saturated rings. The lowest BCUT2D eigenvalue weighted by atomic mass is 9.99. The number of ether oxygens (including phenoxy) is 1. The minimum Gasteiger partial charge on any atom is -0.465 e. The summed E-state index contributed by atoms with van der Waals surface area (Å²) in [5.41, 5.74) is 2.10. The Morgan fingerprint density at radius 2 is 1.80 bits per heavy atom. The number of nitrogens with one attached hydrogen (secondary N) is 2. The van der Waals surface area contributed by atoms with Crippen LogP contribution in [-0.4, -0.2) is 60.3 Å². The molecule has 4 rings (SSSR count). The molecule has 184 valence electrons. The molecule has 2 aromatic rings. The summed E-state index contributed by atoms with van der Waals surface area (Å²) in [6, 6.07) is 11.8. The third-order valence-electron chi connectivity index (χ3n) is 6.09. The van der Waals surface area contributed by atoms with Crippen molar-refractivity contribution < 1.29 is 29.2 Å². The molecule has 2 aromatic carbocycles. The number of hydrogen-bond acceptors (Lipinski definition) is 7. The summed E-state index contributed by atoms with van der Waals surface area (Å²) in [7, 11) is 0. The quantitative estimate of drug-likeness (QED) is 0.309. The molecule has 0 radical (unpaired) electrons. The highest BCUT2D eigenvalue weighted by molar-refractivity contribution is 5.96. The molecule has 12 nitrogen and oxygen atoms in total. The van der Waals surface area contributed by atoms with Crippen LogP contribution in [0.5, 0.6) is 0 Å². The summed E-state index contributed by atoms with van der Waals surface area (Å²) < 4.78 is 5.33. The maximum absolute atomic E-state index is 12.5. The SMILES string of the molecule is O=C(O)NCCNC(=O)c1ccc(N2CCC(N3C(=O)OCc4ccccc43)CC2)c([N+](=O)[O-])c1. The molecule has 2 heterocycles. The lowest BCUT2D eigenvalue weighted by Crippen LogP contribution is -2.49. The Bertz CT molecular complexity index is 1150. The van der Waals surface area contributed by atoms with Gasteiger partial charge in [0, 0.05) is 49.4 Å². The van der Waals surface area contributed by atoms with E-state index in [1.165, 1.54) is 12.1 Å². The number of nitrogens with zero attached hydrogens (tertiary/aromatic N) is 3. The van der Waals surface area contributed by atoms with E-state index in [0.29, 0.717) is 31.6 Å². The Morgan fingerprint density at radius 3 is 2.51 bits per heavy atom. The summed E-state index contributed by atoms with van der Waals surface area (Å²) in [5, 5.41) is 25.0. The largest absolute Gasteiger partial charge is 0.465 e. The number of carboxylic acid groups (broad SMARTS) is 1. The van der Waals surface area contributed by atoms with Gasteiger partial charge < -0.3 is 25.4 Å². The van der Waals surface area contributed by atoms with E-state index in [1.54, 1.807) is 11.0 Å². The lowest BCUT2D eigenvalue weighted by Gasteiger charge is -2.40. The van der Waals surface area contributed by atoms with Gasteiger partial charge in [-0.3, -0.25) is 19.8 Å². The van der Waals surface area contributed by atoms with E-state index in [2.05, 4.69) is 10.6 Å². The van der Waals surface area contributed by atoms with Gasteiger partial charge >= 0.3 is 12.2 Å². The highest BCUT2D eigenvalue weighted by Crippen LogP contribution is 2.35. The van der Waals surface area contributed by atoms with Crippen LogP contribution in [0.25, 0.3) is 0 Å². The normalized spacial score (nSPS) is 15.7. The van der Waals surface area contributed by atoms with Crippen molar-refractivity contribution in [1.82, 2.24) is 10.6 Å². The van der Waals surface area contributed by atoms with Crippen molar-refractivity contribution in [3.8, 4) is 0 Å². The van der Waals surface area contributed by atoms with Crippen LogP contribution in [0, 0.1) is 10.1 Å². The van der Waals surface area contributed by atoms with Crippen LogP contribution in [0.2, 0.25) is 0 Å². The second-order valence-corrected chi connectivity index (χ2v) is 8.22. The number of rotatable bonds is 7. The molecule has 2 aliphatic heterocycles. The minimum absolute atomic E-state index is 0.0191. The van der Waals surface area contributed by atoms with Gasteiger partial charge in [-0.25, -0.2) is 9.59 Å². The molecule has 0 atom stereocenters. The van der Waals surface area contributed by atoms with Crippen molar-refractivity contribution in [3.63, 3.8) is 0 Å². The van der Waals surface area contributed by atoms with E-state index in [0.717, 1.165) is 11.3 Å². The Kier molecular flexibility index (Phi) is 6.99.